The second-order valence-electron chi connectivity index (χ2n) is 4.16. The topological polar surface area (TPSA) is 17.8 Å². The number of nitrogens with zero attached hydrogens (tertiary/aromatic N) is 2. The highest BCUT2D eigenvalue weighted by Gasteiger charge is 2.07. The molecular weight excluding hydrogens is 295 g/mol. The molecule has 1 aromatic heterocycles. The van der Waals surface area contributed by atoms with Gasteiger partial charge in [-0.15, -0.1) is 0 Å². The van der Waals surface area contributed by atoms with E-state index in [9.17, 15) is 4.39 Å². The van der Waals surface area contributed by atoms with Crippen molar-refractivity contribution >= 4 is 26.8 Å². The Hall–Kier alpha value is -1.68. The molecule has 0 aliphatic rings. The van der Waals surface area contributed by atoms with Gasteiger partial charge in [-0.2, -0.15) is 5.10 Å². The van der Waals surface area contributed by atoms with Crippen molar-refractivity contribution in [3.05, 3.63) is 52.9 Å². The fourth-order valence-electron chi connectivity index (χ4n) is 2.02. The van der Waals surface area contributed by atoms with Crippen molar-refractivity contribution in [3.63, 3.8) is 0 Å². The van der Waals surface area contributed by atoms with Gasteiger partial charge in [0.05, 0.1) is 5.52 Å². The van der Waals surface area contributed by atoms with Gasteiger partial charge in [-0.3, -0.25) is 4.68 Å². The molecule has 2 nitrogen and oxygen atoms in total. The Morgan fingerprint density at radius 3 is 2.67 bits per heavy atom. The third-order valence-corrected chi connectivity index (χ3v) is 3.86. The van der Waals surface area contributed by atoms with Gasteiger partial charge in [0.25, 0.3) is 0 Å². The Kier molecular flexibility index (Phi) is 2.67. The molecule has 0 aliphatic heterocycles. The molecule has 0 aliphatic carbocycles. The average molecular weight is 305 g/mol. The van der Waals surface area contributed by atoms with E-state index in [-0.39, 0.29) is 5.82 Å². The van der Waals surface area contributed by atoms with Gasteiger partial charge in [0, 0.05) is 12.4 Å². The number of hydrogen-bond acceptors (Lipinski definition) is 1. The summed E-state index contributed by atoms with van der Waals surface area (Å²) < 4.78 is 15.9. The molecule has 0 radical (unpaired) electrons. The van der Waals surface area contributed by atoms with Crippen molar-refractivity contribution in [1.29, 1.82) is 0 Å². The van der Waals surface area contributed by atoms with Gasteiger partial charge in [0.15, 0.2) is 0 Å². The predicted molar refractivity (Wildman–Crippen MR) is 73.8 cm³/mol. The van der Waals surface area contributed by atoms with Crippen LogP contribution >= 0.6 is 15.9 Å². The van der Waals surface area contributed by atoms with E-state index in [2.05, 4.69) is 21.0 Å². The molecule has 0 saturated carbocycles. The van der Waals surface area contributed by atoms with Crippen molar-refractivity contribution in [2.24, 2.45) is 7.05 Å². The molecule has 0 amide bonds. The Labute approximate surface area is 112 Å². The fraction of sp³-hybridized carbons (Fsp3) is 0.0714. The third-order valence-electron chi connectivity index (χ3n) is 2.92. The van der Waals surface area contributed by atoms with Crippen LogP contribution in [0.15, 0.2) is 47.1 Å². The summed E-state index contributed by atoms with van der Waals surface area (Å²) in [5.41, 5.74) is 2.72. The molecular formula is C14H10BrFN2. The van der Waals surface area contributed by atoms with Gasteiger partial charge in [0.2, 0.25) is 0 Å². The Morgan fingerprint density at radius 1 is 1.11 bits per heavy atom. The molecule has 2 aromatic carbocycles. The Bertz CT molecular complexity index is 734. The van der Waals surface area contributed by atoms with Crippen LogP contribution in [0.5, 0.6) is 0 Å². The molecule has 0 fully saturated rings. The first-order valence-electron chi connectivity index (χ1n) is 5.53. The highest BCUT2D eigenvalue weighted by molar-refractivity contribution is 9.10. The highest BCUT2D eigenvalue weighted by Crippen LogP contribution is 2.28. The van der Waals surface area contributed by atoms with Crippen molar-refractivity contribution in [2.45, 2.75) is 0 Å². The summed E-state index contributed by atoms with van der Waals surface area (Å²) in [7, 11) is 1.88. The number of aromatic nitrogens is 2. The summed E-state index contributed by atoms with van der Waals surface area (Å²) in [6, 6.07) is 12.5. The van der Waals surface area contributed by atoms with Crippen molar-refractivity contribution < 1.29 is 4.39 Å². The predicted octanol–water partition coefficient (Wildman–Crippen LogP) is 4.14. The van der Waals surface area contributed by atoms with Crippen LogP contribution in [-0.2, 0) is 7.05 Å². The quantitative estimate of drug-likeness (QED) is 0.660. The largest absolute Gasteiger partial charge is 0.260 e. The SMILES string of the molecule is Cn1nc2cc(-c3cccc(F)c3)ccc2c1Br. The molecule has 0 spiro atoms. The van der Waals surface area contributed by atoms with Crippen molar-refractivity contribution in [1.82, 2.24) is 9.78 Å². The van der Waals surface area contributed by atoms with E-state index in [0.29, 0.717) is 0 Å². The second-order valence-corrected chi connectivity index (χ2v) is 4.91. The highest BCUT2D eigenvalue weighted by atomic mass is 79.9. The number of benzene rings is 2. The van der Waals surface area contributed by atoms with Crippen LogP contribution in [0.25, 0.3) is 22.0 Å². The van der Waals surface area contributed by atoms with Crippen LogP contribution in [-0.4, -0.2) is 9.78 Å². The zero-order chi connectivity index (χ0) is 12.7. The minimum absolute atomic E-state index is 0.227. The van der Waals surface area contributed by atoms with Crippen LogP contribution in [0.4, 0.5) is 4.39 Å². The summed E-state index contributed by atoms with van der Waals surface area (Å²) in [5, 5.41) is 5.45. The minimum atomic E-state index is -0.227. The van der Waals surface area contributed by atoms with Gasteiger partial charge in [-0.05, 0) is 51.3 Å². The molecule has 0 N–H and O–H groups in total. The van der Waals surface area contributed by atoms with E-state index in [1.165, 1.54) is 12.1 Å². The van der Waals surface area contributed by atoms with E-state index in [1.807, 2.05) is 31.3 Å². The maximum absolute atomic E-state index is 13.2. The maximum atomic E-state index is 13.2. The monoisotopic (exact) mass is 304 g/mol. The van der Waals surface area contributed by atoms with E-state index in [1.54, 1.807) is 10.7 Å². The van der Waals surface area contributed by atoms with Crippen LogP contribution in [0.1, 0.15) is 0 Å². The minimum Gasteiger partial charge on any atom is -0.260 e. The van der Waals surface area contributed by atoms with E-state index in [0.717, 1.165) is 26.6 Å². The zero-order valence-corrected chi connectivity index (χ0v) is 11.3. The molecule has 0 bridgehead atoms. The lowest BCUT2D eigenvalue weighted by Gasteiger charge is -2.01. The maximum Gasteiger partial charge on any atom is 0.123 e. The first kappa shape index (κ1) is 11.4. The van der Waals surface area contributed by atoms with Gasteiger partial charge >= 0.3 is 0 Å². The number of aryl methyl sites for hydroxylation is 1. The van der Waals surface area contributed by atoms with Crippen LogP contribution < -0.4 is 0 Å². The van der Waals surface area contributed by atoms with Gasteiger partial charge in [0.1, 0.15) is 10.4 Å². The fourth-order valence-corrected chi connectivity index (χ4v) is 2.43. The second kappa shape index (κ2) is 4.21. The van der Waals surface area contributed by atoms with E-state index < -0.39 is 0 Å². The van der Waals surface area contributed by atoms with Crippen molar-refractivity contribution in [2.75, 3.05) is 0 Å². The molecule has 3 aromatic rings. The molecule has 4 heteroatoms. The van der Waals surface area contributed by atoms with E-state index in [4.69, 9.17) is 0 Å². The number of fused-ring (bicyclic) bond motifs is 1. The number of hydrogen-bond donors (Lipinski definition) is 0. The smallest absolute Gasteiger partial charge is 0.123 e. The first-order chi connectivity index (χ1) is 8.65. The molecule has 90 valence electrons. The summed E-state index contributed by atoms with van der Waals surface area (Å²) in [4.78, 5) is 0. The lowest BCUT2D eigenvalue weighted by molar-refractivity contribution is 0.628. The first-order valence-corrected chi connectivity index (χ1v) is 6.32. The van der Waals surface area contributed by atoms with Gasteiger partial charge in [-0.25, -0.2) is 4.39 Å². The average Bonchev–Trinajstić information content (AvgIpc) is 2.65. The number of rotatable bonds is 1. The van der Waals surface area contributed by atoms with Gasteiger partial charge < -0.3 is 0 Å². The standard InChI is InChI=1S/C14H10BrFN2/c1-18-14(15)12-6-5-10(8-13(12)17-18)9-3-2-4-11(16)7-9/h2-8H,1H3. The molecule has 0 saturated heterocycles. The Balaban J connectivity index is 2.19. The molecule has 0 unspecified atom stereocenters. The zero-order valence-electron chi connectivity index (χ0n) is 9.69. The van der Waals surface area contributed by atoms with Crippen molar-refractivity contribution in [3.8, 4) is 11.1 Å². The molecule has 0 atom stereocenters. The number of halogens is 2. The van der Waals surface area contributed by atoms with Crippen LogP contribution in [0.2, 0.25) is 0 Å². The summed E-state index contributed by atoms with van der Waals surface area (Å²) in [6.07, 6.45) is 0. The third kappa shape index (κ3) is 1.82. The summed E-state index contributed by atoms with van der Waals surface area (Å²) in [5.74, 6) is -0.227. The summed E-state index contributed by atoms with van der Waals surface area (Å²) >= 11 is 3.48. The van der Waals surface area contributed by atoms with Gasteiger partial charge in [-0.1, -0.05) is 18.2 Å². The lowest BCUT2D eigenvalue weighted by Crippen LogP contribution is -1.88. The van der Waals surface area contributed by atoms with Crippen LogP contribution in [0.3, 0.4) is 0 Å². The molecule has 3 rings (SSSR count). The molecule has 18 heavy (non-hydrogen) atoms. The van der Waals surface area contributed by atoms with Crippen LogP contribution in [0, 0.1) is 5.82 Å². The van der Waals surface area contributed by atoms with E-state index >= 15 is 0 Å². The lowest BCUT2D eigenvalue weighted by atomic mass is 10.0. The Morgan fingerprint density at radius 2 is 1.89 bits per heavy atom. The molecule has 1 heterocycles. The normalized spacial score (nSPS) is 11.1. The summed E-state index contributed by atoms with van der Waals surface area (Å²) in [6.45, 7) is 0.